The normalized spacial score (nSPS) is 21.4. The number of hydrogen-bond donors (Lipinski definition) is 4. The lowest BCUT2D eigenvalue weighted by Crippen LogP contribution is -2.60. The van der Waals surface area contributed by atoms with Gasteiger partial charge in [0.2, 0.25) is 0 Å². The van der Waals surface area contributed by atoms with Gasteiger partial charge >= 0.3 is 16.4 Å². The summed E-state index contributed by atoms with van der Waals surface area (Å²) in [5.41, 5.74) is 0. The number of ether oxygens (including phenoxy) is 4. The maximum Gasteiger partial charge on any atom is 0.397 e. The monoisotopic (exact) mass is 781 g/mol. The summed E-state index contributed by atoms with van der Waals surface area (Å²) < 4.78 is 58.7. The van der Waals surface area contributed by atoms with Crippen LogP contribution in [0.1, 0.15) is 174 Å². The Labute approximate surface area is 321 Å². The highest BCUT2D eigenvalue weighted by Crippen LogP contribution is 2.26. The fourth-order valence-electron chi connectivity index (χ4n) is 6.43. The van der Waals surface area contributed by atoms with Gasteiger partial charge in [-0.25, -0.2) is 4.18 Å². The first-order valence-electron chi connectivity index (χ1n) is 20.9. The van der Waals surface area contributed by atoms with Crippen LogP contribution in [0.4, 0.5) is 0 Å². The minimum atomic E-state index is -5.05. The third-order valence-electron chi connectivity index (χ3n) is 9.64. The Hall–Kier alpha value is -1.16. The highest BCUT2D eigenvalue weighted by molar-refractivity contribution is 7.80. The first kappa shape index (κ1) is 49.9. The Morgan fingerprint density at radius 3 is 1.70 bits per heavy atom. The van der Waals surface area contributed by atoms with Crippen LogP contribution in [0.15, 0.2) is 12.2 Å². The molecule has 0 radical (unpaired) electrons. The summed E-state index contributed by atoms with van der Waals surface area (Å²) in [7, 11) is -5.05. The van der Waals surface area contributed by atoms with E-state index in [-0.39, 0.29) is 19.6 Å². The number of carbonyl (C=O) groups is 1. The van der Waals surface area contributed by atoms with Crippen LogP contribution in [0.5, 0.6) is 0 Å². The smallest absolute Gasteiger partial charge is 0.397 e. The van der Waals surface area contributed by atoms with Crippen LogP contribution in [-0.4, -0.2) is 97.5 Å². The molecule has 1 aliphatic rings. The molecule has 1 heterocycles. The number of aliphatic hydroxyl groups excluding tert-OH is 3. The molecule has 4 N–H and O–H groups in total. The molecule has 1 rings (SSSR count). The predicted octanol–water partition coefficient (Wildman–Crippen LogP) is 7.91. The van der Waals surface area contributed by atoms with E-state index in [0.717, 1.165) is 38.5 Å². The molecule has 0 saturated carbocycles. The van der Waals surface area contributed by atoms with E-state index in [0.29, 0.717) is 13.0 Å². The second-order valence-electron chi connectivity index (χ2n) is 14.6. The van der Waals surface area contributed by atoms with Gasteiger partial charge in [0.25, 0.3) is 0 Å². The summed E-state index contributed by atoms with van der Waals surface area (Å²) in [6.45, 7) is 3.94. The minimum Gasteiger partial charge on any atom is -0.457 e. The van der Waals surface area contributed by atoms with Crippen molar-refractivity contribution in [3.8, 4) is 0 Å². The van der Waals surface area contributed by atoms with Crippen LogP contribution < -0.4 is 0 Å². The number of rotatable bonds is 36. The molecule has 53 heavy (non-hydrogen) atoms. The number of carbonyl (C=O) groups excluding carboxylic acids is 1. The standard InChI is InChI=1S/C40H76O12S/c1-3-5-7-9-11-12-13-14-15-16-17-18-19-20-21-22-23-25-27-29-36(42)50-34(32-48-30-28-26-24-10-8-6-4-2)33-49-40-38(44)39(52-53(45,46)47)37(43)35(31-41)51-40/h14-15,34-35,37-41,43-44H,3-13,16-33H2,1-2H3,(H,45,46,47)/b15-14-. The van der Waals surface area contributed by atoms with E-state index < -0.39 is 59.8 Å². The number of unbranched alkanes of at least 4 members (excludes halogenated alkanes) is 21. The molecule has 314 valence electrons. The molecule has 0 aliphatic carbocycles. The predicted molar refractivity (Wildman–Crippen MR) is 207 cm³/mol. The highest BCUT2D eigenvalue weighted by atomic mass is 32.3. The van der Waals surface area contributed by atoms with E-state index in [4.69, 9.17) is 23.5 Å². The molecule has 0 aromatic carbocycles. The van der Waals surface area contributed by atoms with Crippen molar-refractivity contribution in [3.63, 3.8) is 0 Å². The van der Waals surface area contributed by atoms with E-state index in [1.54, 1.807) is 0 Å². The molecule has 0 bridgehead atoms. The third kappa shape index (κ3) is 27.1. The summed E-state index contributed by atoms with van der Waals surface area (Å²) in [6.07, 6.45) is 24.1. The Morgan fingerprint density at radius 1 is 0.698 bits per heavy atom. The van der Waals surface area contributed by atoms with Gasteiger partial charge in [0, 0.05) is 13.0 Å². The van der Waals surface area contributed by atoms with Gasteiger partial charge in [-0.15, -0.1) is 0 Å². The molecule has 0 aromatic heterocycles. The molecule has 0 amide bonds. The Kier molecular flexibility index (Phi) is 31.1. The fourth-order valence-corrected chi connectivity index (χ4v) is 6.94. The van der Waals surface area contributed by atoms with E-state index in [9.17, 15) is 28.5 Å². The lowest BCUT2D eigenvalue weighted by atomic mass is 9.99. The van der Waals surface area contributed by atoms with Gasteiger partial charge in [-0.2, -0.15) is 8.42 Å². The zero-order valence-corrected chi connectivity index (χ0v) is 33.9. The van der Waals surface area contributed by atoms with Crippen LogP contribution in [0, 0.1) is 0 Å². The van der Waals surface area contributed by atoms with Crippen molar-refractivity contribution in [2.24, 2.45) is 0 Å². The Balaban J connectivity index is 2.37. The molecule has 1 saturated heterocycles. The lowest BCUT2D eigenvalue weighted by molar-refractivity contribution is -0.301. The summed E-state index contributed by atoms with van der Waals surface area (Å²) in [5, 5.41) is 30.5. The van der Waals surface area contributed by atoms with Crippen molar-refractivity contribution < 1.29 is 56.2 Å². The molecular weight excluding hydrogens is 704 g/mol. The molecule has 6 atom stereocenters. The Bertz CT molecular complexity index is 994. The van der Waals surface area contributed by atoms with Crippen molar-refractivity contribution in [3.05, 3.63) is 12.2 Å². The van der Waals surface area contributed by atoms with Crippen molar-refractivity contribution in [1.82, 2.24) is 0 Å². The van der Waals surface area contributed by atoms with E-state index in [1.165, 1.54) is 109 Å². The van der Waals surface area contributed by atoms with Crippen molar-refractivity contribution in [1.29, 1.82) is 0 Å². The molecule has 0 aromatic rings. The van der Waals surface area contributed by atoms with Gasteiger partial charge in [-0.3, -0.25) is 9.35 Å². The van der Waals surface area contributed by atoms with Crippen LogP contribution in [0.2, 0.25) is 0 Å². The average molecular weight is 781 g/mol. The van der Waals surface area contributed by atoms with Crippen molar-refractivity contribution >= 4 is 16.4 Å². The molecule has 12 nitrogen and oxygen atoms in total. The quantitative estimate of drug-likeness (QED) is 0.0209. The van der Waals surface area contributed by atoms with Gasteiger partial charge in [-0.1, -0.05) is 142 Å². The van der Waals surface area contributed by atoms with Crippen LogP contribution in [0.3, 0.4) is 0 Å². The topological polar surface area (TPSA) is 178 Å². The number of allylic oxidation sites excluding steroid dienone is 2. The maximum atomic E-state index is 12.8. The first-order chi connectivity index (χ1) is 25.6. The molecular formula is C40H76O12S. The SMILES string of the molecule is CCCCCCCC/C=C\CCCCCCCCCCCC(=O)OC(COCCCCCCCCC)COC1OC(CO)C(O)C(OS(=O)(=O)O)C1O. The van der Waals surface area contributed by atoms with Gasteiger partial charge in [-0.05, 0) is 38.5 Å². The van der Waals surface area contributed by atoms with E-state index >= 15 is 0 Å². The maximum absolute atomic E-state index is 12.8. The van der Waals surface area contributed by atoms with Crippen molar-refractivity contribution in [2.45, 2.75) is 211 Å². The molecule has 6 unspecified atom stereocenters. The van der Waals surface area contributed by atoms with E-state index in [2.05, 4.69) is 30.2 Å². The molecule has 1 aliphatic heterocycles. The second kappa shape index (κ2) is 33.0. The van der Waals surface area contributed by atoms with Gasteiger partial charge in [0.05, 0.1) is 19.8 Å². The van der Waals surface area contributed by atoms with Crippen LogP contribution in [0.25, 0.3) is 0 Å². The summed E-state index contributed by atoms with van der Waals surface area (Å²) in [4.78, 5) is 12.8. The van der Waals surface area contributed by atoms with Crippen LogP contribution in [-0.2, 0) is 38.3 Å². The zero-order chi connectivity index (χ0) is 39.0. The van der Waals surface area contributed by atoms with Crippen molar-refractivity contribution in [2.75, 3.05) is 26.4 Å². The Morgan fingerprint density at radius 2 is 1.19 bits per heavy atom. The van der Waals surface area contributed by atoms with Gasteiger partial charge in [0.1, 0.15) is 30.5 Å². The fraction of sp³-hybridized carbons (Fsp3) is 0.925. The minimum absolute atomic E-state index is 0.0386. The number of aliphatic hydroxyl groups is 3. The molecule has 0 spiro atoms. The zero-order valence-electron chi connectivity index (χ0n) is 33.1. The number of hydrogen-bond acceptors (Lipinski definition) is 11. The molecule has 1 fully saturated rings. The summed E-state index contributed by atoms with van der Waals surface area (Å²) in [5.74, 6) is -0.402. The van der Waals surface area contributed by atoms with E-state index in [1.807, 2.05) is 0 Å². The van der Waals surface area contributed by atoms with Gasteiger partial charge in [0.15, 0.2) is 6.29 Å². The average Bonchev–Trinajstić information content (AvgIpc) is 3.12. The third-order valence-corrected chi connectivity index (χ3v) is 10.1. The molecule has 13 heteroatoms. The van der Waals surface area contributed by atoms with Crippen LogP contribution >= 0.6 is 0 Å². The lowest BCUT2D eigenvalue weighted by Gasteiger charge is -2.41. The number of esters is 1. The second-order valence-corrected chi connectivity index (χ2v) is 15.6. The highest BCUT2D eigenvalue weighted by Gasteiger charge is 2.48. The first-order valence-corrected chi connectivity index (χ1v) is 22.3. The van der Waals surface area contributed by atoms with Gasteiger partial charge < -0.3 is 34.3 Å². The largest absolute Gasteiger partial charge is 0.457 e. The summed E-state index contributed by atoms with van der Waals surface area (Å²) in [6, 6.07) is 0. The summed E-state index contributed by atoms with van der Waals surface area (Å²) >= 11 is 0.